The fraction of sp³-hybridized carbons (Fsp3) is 0.308. The predicted octanol–water partition coefficient (Wildman–Crippen LogP) is 3.08. The molecule has 0 saturated heterocycles. The van der Waals surface area contributed by atoms with E-state index in [1.54, 1.807) is 23.8 Å². The van der Waals surface area contributed by atoms with Gasteiger partial charge in [0, 0.05) is 5.38 Å². The lowest BCUT2D eigenvalue weighted by molar-refractivity contribution is 0.199. The summed E-state index contributed by atoms with van der Waals surface area (Å²) in [4.78, 5) is 4.16. The van der Waals surface area contributed by atoms with Crippen LogP contribution in [0.2, 0.25) is 0 Å². The molecule has 0 bridgehead atoms. The first-order valence-corrected chi connectivity index (χ1v) is 6.39. The van der Waals surface area contributed by atoms with Gasteiger partial charge in [-0.1, -0.05) is 6.07 Å². The molecule has 1 aromatic heterocycles. The first-order chi connectivity index (χ1) is 8.16. The number of rotatable bonds is 4. The molecular weight excluding hydrogens is 234 g/mol. The van der Waals surface area contributed by atoms with Gasteiger partial charge in [0.2, 0.25) is 0 Å². The lowest BCUT2D eigenvalue weighted by Crippen LogP contribution is -1.98. The summed E-state index contributed by atoms with van der Waals surface area (Å²) in [7, 11) is 0. The second-order valence-electron chi connectivity index (χ2n) is 3.97. The third-order valence-electron chi connectivity index (χ3n) is 2.54. The van der Waals surface area contributed by atoms with Crippen LogP contribution in [0.15, 0.2) is 29.1 Å². The fourth-order valence-corrected chi connectivity index (χ4v) is 2.10. The standard InChI is InChI=1S/C13H15NO2S/c1-9-5-11(10(2)15)3-4-13(9)16-6-12-7-17-8-14-12/h3-5,7-8,10,15H,6H2,1-2H3/t10-/m1/s1. The quantitative estimate of drug-likeness (QED) is 0.905. The van der Waals surface area contributed by atoms with Gasteiger partial charge in [0.25, 0.3) is 0 Å². The Morgan fingerprint density at radius 1 is 1.47 bits per heavy atom. The Labute approximate surface area is 105 Å². The molecule has 1 atom stereocenters. The molecule has 1 heterocycles. The van der Waals surface area contributed by atoms with Crippen molar-refractivity contribution < 1.29 is 9.84 Å². The molecule has 1 N–H and O–H groups in total. The van der Waals surface area contributed by atoms with E-state index in [1.165, 1.54) is 0 Å². The average Bonchev–Trinajstić information content (AvgIpc) is 2.80. The van der Waals surface area contributed by atoms with E-state index in [0.717, 1.165) is 22.6 Å². The van der Waals surface area contributed by atoms with E-state index in [4.69, 9.17) is 4.74 Å². The zero-order valence-electron chi connectivity index (χ0n) is 9.88. The summed E-state index contributed by atoms with van der Waals surface area (Å²) >= 11 is 1.56. The Kier molecular flexibility index (Phi) is 3.76. The highest BCUT2D eigenvalue weighted by Crippen LogP contribution is 2.23. The van der Waals surface area contributed by atoms with Crippen LogP contribution in [0.1, 0.15) is 29.8 Å². The molecule has 0 aliphatic carbocycles. The predicted molar refractivity (Wildman–Crippen MR) is 68.3 cm³/mol. The molecule has 2 aromatic rings. The van der Waals surface area contributed by atoms with Crippen molar-refractivity contribution in [1.82, 2.24) is 4.98 Å². The van der Waals surface area contributed by atoms with Crippen molar-refractivity contribution >= 4 is 11.3 Å². The Balaban J connectivity index is 2.06. The van der Waals surface area contributed by atoms with E-state index >= 15 is 0 Å². The van der Waals surface area contributed by atoms with Crippen LogP contribution in [-0.2, 0) is 6.61 Å². The van der Waals surface area contributed by atoms with Crippen LogP contribution in [0.5, 0.6) is 5.75 Å². The molecule has 1 aromatic carbocycles. The zero-order chi connectivity index (χ0) is 12.3. The molecule has 0 saturated carbocycles. The van der Waals surface area contributed by atoms with Crippen molar-refractivity contribution in [3.8, 4) is 5.75 Å². The SMILES string of the molecule is Cc1cc([C@@H](C)O)ccc1OCc1cscn1. The van der Waals surface area contributed by atoms with Gasteiger partial charge < -0.3 is 9.84 Å². The van der Waals surface area contributed by atoms with E-state index in [1.807, 2.05) is 30.5 Å². The Hall–Kier alpha value is -1.39. The molecule has 0 radical (unpaired) electrons. The largest absolute Gasteiger partial charge is 0.487 e. The first kappa shape index (κ1) is 12.1. The highest BCUT2D eigenvalue weighted by molar-refractivity contribution is 7.07. The lowest BCUT2D eigenvalue weighted by atomic mass is 10.1. The summed E-state index contributed by atoms with van der Waals surface area (Å²) in [6.45, 7) is 4.21. The third-order valence-corrected chi connectivity index (χ3v) is 3.18. The molecule has 0 unspecified atom stereocenters. The van der Waals surface area contributed by atoms with E-state index < -0.39 is 6.10 Å². The molecular formula is C13H15NO2S. The summed E-state index contributed by atoms with van der Waals surface area (Å²) < 4.78 is 5.68. The summed E-state index contributed by atoms with van der Waals surface area (Å²) in [5, 5.41) is 11.4. The van der Waals surface area contributed by atoms with Gasteiger partial charge in [-0.2, -0.15) is 0 Å². The molecule has 4 heteroatoms. The van der Waals surface area contributed by atoms with Gasteiger partial charge in [-0.25, -0.2) is 4.98 Å². The van der Waals surface area contributed by atoms with Crippen molar-refractivity contribution in [3.05, 3.63) is 45.9 Å². The number of aryl methyl sites for hydroxylation is 1. The number of hydrogen-bond acceptors (Lipinski definition) is 4. The number of benzene rings is 1. The molecule has 17 heavy (non-hydrogen) atoms. The number of aromatic nitrogens is 1. The maximum atomic E-state index is 9.47. The topological polar surface area (TPSA) is 42.4 Å². The second kappa shape index (κ2) is 5.29. The number of thiazole rings is 1. The molecule has 2 rings (SSSR count). The van der Waals surface area contributed by atoms with Crippen LogP contribution in [-0.4, -0.2) is 10.1 Å². The van der Waals surface area contributed by atoms with E-state index in [0.29, 0.717) is 6.61 Å². The Bertz CT molecular complexity index is 480. The van der Waals surface area contributed by atoms with Crippen LogP contribution in [0.3, 0.4) is 0 Å². The van der Waals surface area contributed by atoms with Crippen LogP contribution < -0.4 is 4.74 Å². The van der Waals surface area contributed by atoms with Gasteiger partial charge in [0.05, 0.1) is 17.3 Å². The van der Waals surface area contributed by atoms with Gasteiger partial charge in [-0.3, -0.25) is 0 Å². The maximum absolute atomic E-state index is 9.47. The number of ether oxygens (including phenoxy) is 1. The number of nitrogens with zero attached hydrogens (tertiary/aromatic N) is 1. The van der Waals surface area contributed by atoms with Gasteiger partial charge in [0.15, 0.2) is 0 Å². The smallest absolute Gasteiger partial charge is 0.131 e. The van der Waals surface area contributed by atoms with Crippen LogP contribution >= 0.6 is 11.3 Å². The number of aliphatic hydroxyl groups excluding tert-OH is 1. The van der Waals surface area contributed by atoms with Crippen molar-refractivity contribution in [1.29, 1.82) is 0 Å². The summed E-state index contributed by atoms with van der Waals surface area (Å²) in [6, 6.07) is 5.72. The molecule has 3 nitrogen and oxygen atoms in total. The van der Waals surface area contributed by atoms with Crippen LogP contribution in [0.4, 0.5) is 0 Å². The number of hydrogen-bond donors (Lipinski definition) is 1. The van der Waals surface area contributed by atoms with Gasteiger partial charge in [0.1, 0.15) is 12.4 Å². The molecule has 0 aliphatic heterocycles. The lowest BCUT2D eigenvalue weighted by Gasteiger charge is -2.11. The highest BCUT2D eigenvalue weighted by Gasteiger charge is 2.05. The Morgan fingerprint density at radius 3 is 2.88 bits per heavy atom. The van der Waals surface area contributed by atoms with Crippen LogP contribution in [0, 0.1) is 6.92 Å². The first-order valence-electron chi connectivity index (χ1n) is 5.45. The maximum Gasteiger partial charge on any atom is 0.131 e. The summed E-state index contributed by atoms with van der Waals surface area (Å²) in [5.41, 5.74) is 4.67. The van der Waals surface area contributed by atoms with Crippen molar-refractivity contribution in [3.63, 3.8) is 0 Å². The Morgan fingerprint density at radius 2 is 2.29 bits per heavy atom. The van der Waals surface area contributed by atoms with E-state index in [-0.39, 0.29) is 0 Å². The fourth-order valence-electron chi connectivity index (χ4n) is 1.55. The number of aliphatic hydroxyl groups is 1. The van der Waals surface area contributed by atoms with E-state index in [9.17, 15) is 5.11 Å². The molecule has 0 fully saturated rings. The summed E-state index contributed by atoms with van der Waals surface area (Å²) in [6.07, 6.45) is -0.443. The minimum Gasteiger partial charge on any atom is -0.487 e. The summed E-state index contributed by atoms with van der Waals surface area (Å²) in [5.74, 6) is 0.836. The van der Waals surface area contributed by atoms with Gasteiger partial charge in [-0.05, 0) is 37.1 Å². The highest BCUT2D eigenvalue weighted by atomic mass is 32.1. The zero-order valence-corrected chi connectivity index (χ0v) is 10.7. The van der Waals surface area contributed by atoms with Gasteiger partial charge >= 0.3 is 0 Å². The minimum atomic E-state index is -0.443. The van der Waals surface area contributed by atoms with Crippen molar-refractivity contribution in [2.75, 3.05) is 0 Å². The van der Waals surface area contributed by atoms with Crippen molar-refractivity contribution in [2.24, 2.45) is 0 Å². The second-order valence-corrected chi connectivity index (χ2v) is 4.69. The third kappa shape index (κ3) is 3.05. The molecule has 0 aliphatic rings. The molecule has 0 spiro atoms. The van der Waals surface area contributed by atoms with Crippen molar-refractivity contribution in [2.45, 2.75) is 26.6 Å². The van der Waals surface area contributed by atoms with Gasteiger partial charge in [-0.15, -0.1) is 11.3 Å². The molecule has 0 amide bonds. The normalized spacial score (nSPS) is 12.4. The minimum absolute atomic E-state index is 0.443. The average molecular weight is 249 g/mol. The van der Waals surface area contributed by atoms with Crippen LogP contribution in [0.25, 0.3) is 0 Å². The molecule has 90 valence electrons. The van der Waals surface area contributed by atoms with E-state index in [2.05, 4.69) is 4.98 Å². The monoisotopic (exact) mass is 249 g/mol.